The van der Waals surface area contributed by atoms with Crippen molar-refractivity contribution in [2.24, 2.45) is 11.8 Å². The van der Waals surface area contributed by atoms with Gasteiger partial charge in [-0.2, -0.15) is 5.10 Å². The smallest absolute Gasteiger partial charge is 0.329 e. The van der Waals surface area contributed by atoms with Crippen molar-refractivity contribution in [1.82, 2.24) is 14.7 Å². The first-order chi connectivity index (χ1) is 13.7. The predicted octanol–water partition coefficient (Wildman–Crippen LogP) is 1.90. The Kier molecular flexibility index (Phi) is 6.04. The molecule has 1 aliphatic carbocycles. The Bertz CT molecular complexity index is 794. The quantitative estimate of drug-likeness (QED) is 0.573. The Morgan fingerprint density at radius 1 is 1.10 bits per heavy atom. The Morgan fingerprint density at radius 3 is 2.24 bits per heavy atom. The molecule has 4 unspecified atom stereocenters. The third kappa shape index (κ3) is 4.04. The number of fused-ring (bicyclic) bond motifs is 1. The number of esters is 1. The summed E-state index contributed by atoms with van der Waals surface area (Å²) < 4.78 is 6.90. The van der Waals surface area contributed by atoms with Crippen molar-refractivity contribution in [1.29, 1.82) is 0 Å². The molecule has 2 fully saturated rings. The first-order valence-electron chi connectivity index (χ1n) is 10.1. The molecule has 29 heavy (non-hydrogen) atoms. The van der Waals surface area contributed by atoms with Gasteiger partial charge in [-0.1, -0.05) is 12.8 Å². The molecule has 1 aliphatic heterocycles. The number of aromatic nitrogens is 2. The fourth-order valence-electron chi connectivity index (χ4n) is 4.05. The van der Waals surface area contributed by atoms with E-state index >= 15 is 0 Å². The lowest BCUT2D eigenvalue weighted by atomic mass is 9.81. The van der Waals surface area contributed by atoms with E-state index in [4.69, 9.17) is 4.74 Å². The number of amides is 3. The van der Waals surface area contributed by atoms with Gasteiger partial charge in [0.2, 0.25) is 11.8 Å². The number of nitrogens with zero attached hydrogens (tertiary/aromatic N) is 3. The summed E-state index contributed by atoms with van der Waals surface area (Å²) in [6, 6.07) is 0.643. The van der Waals surface area contributed by atoms with E-state index in [1.54, 1.807) is 16.9 Å². The predicted molar refractivity (Wildman–Crippen MR) is 104 cm³/mol. The van der Waals surface area contributed by atoms with Crippen molar-refractivity contribution in [3.05, 3.63) is 12.3 Å². The van der Waals surface area contributed by atoms with E-state index in [2.05, 4.69) is 10.4 Å². The maximum atomic E-state index is 12.6. The van der Waals surface area contributed by atoms with Gasteiger partial charge in [0.05, 0.1) is 18.0 Å². The molecule has 1 N–H and O–H groups in total. The van der Waals surface area contributed by atoms with Gasteiger partial charge in [0.25, 0.3) is 5.91 Å². The summed E-state index contributed by atoms with van der Waals surface area (Å²) >= 11 is 0. The molecule has 9 nitrogen and oxygen atoms in total. The lowest BCUT2D eigenvalue weighted by molar-refractivity contribution is -0.163. The average molecular weight is 404 g/mol. The molecule has 158 valence electrons. The molecule has 9 heteroatoms. The fourth-order valence-corrected chi connectivity index (χ4v) is 4.05. The van der Waals surface area contributed by atoms with E-state index in [-0.39, 0.29) is 29.7 Å². The summed E-state index contributed by atoms with van der Waals surface area (Å²) in [5.74, 6) is -2.06. The molecule has 1 aromatic rings. The van der Waals surface area contributed by atoms with Crippen molar-refractivity contribution in [2.75, 3.05) is 5.32 Å². The molecule has 1 saturated carbocycles. The van der Waals surface area contributed by atoms with Gasteiger partial charge in [0.15, 0.2) is 6.10 Å². The first kappa shape index (κ1) is 21.0. The number of hydrogen-bond acceptors (Lipinski definition) is 6. The van der Waals surface area contributed by atoms with Crippen molar-refractivity contribution in [2.45, 2.75) is 71.6 Å². The number of carbonyl (C=O) groups excluding carboxylic acids is 4. The average Bonchev–Trinajstić information content (AvgIpc) is 3.24. The molecular formula is C20H28N4O5. The van der Waals surface area contributed by atoms with Crippen LogP contribution in [-0.4, -0.2) is 50.5 Å². The van der Waals surface area contributed by atoms with Crippen LogP contribution in [0.3, 0.4) is 0 Å². The van der Waals surface area contributed by atoms with Crippen LogP contribution in [-0.2, 0) is 23.9 Å². The largest absolute Gasteiger partial charge is 0.451 e. The first-order valence-corrected chi connectivity index (χ1v) is 10.1. The second kappa shape index (κ2) is 8.34. The molecule has 2 heterocycles. The van der Waals surface area contributed by atoms with E-state index in [0.29, 0.717) is 18.7 Å². The third-order valence-electron chi connectivity index (χ3n) is 5.68. The van der Waals surface area contributed by atoms with Crippen LogP contribution in [0, 0.1) is 11.8 Å². The molecule has 0 radical (unpaired) electrons. The van der Waals surface area contributed by atoms with E-state index < -0.39 is 24.0 Å². The normalized spacial score (nSPS) is 23.7. The molecular weight excluding hydrogens is 376 g/mol. The number of likely N-dealkylation sites (tertiary alicyclic amines) is 1. The van der Waals surface area contributed by atoms with Crippen LogP contribution < -0.4 is 5.32 Å². The highest BCUT2D eigenvalue weighted by Crippen LogP contribution is 2.38. The minimum Gasteiger partial charge on any atom is -0.451 e. The van der Waals surface area contributed by atoms with Crippen LogP contribution in [0.15, 0.2) is 12.3 Å². The molecule has 0 aromatic carbocycles. The minimum absolute atomic E-state index is 0.0499. The second-order valence-corrected chi connectivity index (χ2v) is 8.04. The summed E-state index contributed by atoms with van der Waals surface area (Å²) in [5, 5.41) is 6.81. The monoisotopic (exact) mass is 404 g/mol. The maximum absolute atomic E-state index is 12.6. The zero-order valence-electron chi connectivity index (χ0n) is 17.3. The van der Waals surface area contributed by atoms with Gasteiger partial charge < -0.3 is 10.1 Å². The van der Waals surface area contributed by atoms with Crippen molar-refractivity contribution < 1.29 is 23.9 Å². The molecule has 0 bridgehead atoms. The van der Waals surface area contributed by atoms with Gasteiger partial charge >= 0.3 is 5.97 Å². The zero-order chi connectivity index (χ0) is 21.3. The molecule has 0 spiro atoms. The van der Waals surface area contributed by atoms with E-state index in [1.165, 1.54) is 13.8 Å². The summed E-state index contributed by atoms with van der Waals surface area (Å²) in [6.45, 7) is 6.77. The molecule has 2 aliphatic rings. The Hall–Kier alpha value is -2.71. The highest BCUT2D eigenvalue weighted by Gasteiger charge is 2.51. The molecule has 4 atom stereocenters. The number of carbonyl (C=O) groups is 4. The maximum Gasteiger partial charge on any atom is 0.329 e. The molecule has 3 amide bonds. The van der Waals surface area contributed by atoms with Gasteiger partial charge in [-0.15, -0.1) is 0 Å². The van der Waals surface area contributed by atoms with E-state index in [9.17, 15) is 19.2 Å². The Morgan fingerprint density at radius 2 is 1.69 bits per heavy atom. The molecule has 3 rings (SSSR count). The highest BCUT2D eigenvalue weighted by atomic mass is 16.5. The third-order valence-corrected chi connectivity index (χ3v) is 5.68. The lowest BCUT2D eigenvalue weighted by Gasteiger charge is -2.23. The van der Waals surface area contributed by atoms with E-state index in [0.717, 1.165) is 17.7 Å². The lowest BCUT2D eigenvalue weighted by Crippen LogP contribution is -2.46. The van der Waals surface area contributed by atoms with Gasteiger partial charge in [0, 0.05) is 12.1 Å². The highest BCUT2D eigenvalue weighted by molar-refractivity contribution is 6.08. The number of ether oxygens (including phenoxy) is 1. The van der Waals surface area contributed by atoms with Gasteiger partial charge in [-0.3, -0.25) is 19.3 Å². The van der Waals surface area contributed by atoms with Crippen molar-refractivity contribution >= 4 is 29.5 Å². The van der Waals surface area contributed by atoms with Crippen molar-refractivity contribution in [3.8, 4) is 0 Å². The van der Waals surface area contributed by atoms with Crippen LogP contribution in [0.5, 0.6) is 0 Å². The number of nitrogens with one attached hydrogen (secondary N) is 1. The van der Waals surface area contributed by atoms with Crippen molar-refractivity contribution in [3.63, 3.8) is 0 Å². The van der Waals surface area contributed by atoms with Crippen LogP contribution in [0.25, 0.3) is 0 Å². The van der Waals surface area contributed by atoms with Crippen LogP contribution >= 0.6 is 0 Å². The number of imide groups is 1. The number of rotatable bonds is 6. The topological polar surface area (TPSA) is 111 Å². The molecule has 1 saturated heterocycles. The second-order valence-electron chi connectivity index (χ2n) is 8.04. The van der Waals surface area contributed by atoms with Crippen LogP contribution in [0.2, 0.25) is 0 Å². The van der Waals surface area contributed by atoms with Gasteiger partial charge in [0.1, 0.15) is 11.9 Å². The van der Waals surface area contributed by atoms with Gasteiger partial charge in [-0.25, -0.2) is 9.48 Å². The summed E-state index contributed by atoms with van der Waals surface area (Å²) in [5.41, 5.74) is 0. The van der Waals surface area contributed by atoms with Gasteiger partial charge in [-0.05, 0) is 40.5 Å². The zero-order valence-corrected chi connectivity index (χ0v) is 17.3. The number of anilines is 1. The Balaban J connectivity index is 1.61. The standard InChI is InChI=1S/C20H28N4O5/c1-11(2)24-16(9-10-21-24)22-17(25)13(4)29-20(28)12(3)23-18(26)14-7-5-6-8-15(14)19(23)27/h9-15H,5-8H2,1-4H3,(H,22,25). The minimum atomic E-state index is -1.09. The van der Waals surface area contributed by atoms with E-state index in [1.807, 2.05) is 13.8 Å². The van der Waals surface area contributed by atoms with Crippen LogP contribution in [0.1, 0.15) is 59.4 Å². The summed E-state index contributed by atoms with van der Waals surface area (Å²) in [7, 11) is 0. The fraction of sp³-hybridized carbons (Fsp3) is 0.650. The SMILES string of the molecule is CC(OC(=O)C(C)N1C(=O)C2CCCCC2C1=O)C(=O)Nc1ccnn1C(C)C. The summed E-state index contributed by atoms with van der Waals surface area (Å²) in [6.07, 6.45) is 3.66. The Labute approximate surface area is 169 Å². The summed E-state index contributed by atoms with van der Waals surface area (Å²) in [4.78, 5) is 51.3. The molecule has 1 aromatic heterocycles. The number of hydrogen-bond donors (Lipinski definition) is 1. The van der Waals surface area contributed by atoms with Crippen LogP contribution in [0.4, 0.5) is 5.82 Å².